The van der Waals surface area contributed by atoms with E-state index < -0.39 is 22.8 Å². The zero-order chi connectivity index (χ0) is 29.2. The van der Waals surface area contributed by atoms with Crippen molar-refractivity contribution in [2.75, 3.05) is 52.9 Å². The number of carboxylic acids is 1. The van der Waals surface area contributed by atoms with Crippen molar-refractivity contribution in [3.8, 4) is 0 Å². The van der Waals surface area contributed by atoms with Crippen LogP contribution in [0, 0.1) is 10.8 Å². The number of aliphatic carboxylic acids is 1. The number of carbonyl (C=O) groups excluding carboxylic acids is 1. The molecule has 0 saturated heterocycles. The van der Waals surface area contributed by atoms with E-state index in [9.17, 15) is 9.59 Å². The van der Waals surface area contributed by atoms with Gasteiger partial charge >= 0.3 is 11.9 Å². The fraction of sp³-hybridized carbons (Fsp3) is 0.586. The van der Waals surface area contributed by atoms with Crippen LogP contribution in [0.4, 0.5) is 0 Å². The molecule has 10 nitrogen and oxygen atoms in total. The summed E-state index contributed by atoms with van der Waals surface area (Å²) in [5, 5.41) is 8.88. The Morgan fingerprint density at radius 3 is 1.18 bits per heavy atom. The van der Waals surface area contributed by atoms with Gasteiger partial charge in [0.15, 0.2) is 0 Å². The summed E-state index contributed by atoms with van der Waals surface area (Å²) < 4.78 is 40.2. The Morgan fingerprint density at radius 1 is 0.538 bits per heavy atom. The van der Waals surface area contributed by atoms with Crippen molar-refractivity contribution in [3.63, 3.8) is 0 Å². The highest BCUT2D eigenvalue weighted by Gasteiger charge is 2.38. The minimum Gasteiger partial charge on any atom is -0.501 e. The highest BCUT2D eigenvalue weighted by Crippen LogP contribution is 2.26. The zero-order valence-corrected chi connectivity index (χ0v) is 24.0. The summed E-state index contributed by atoms with van der Waals surface area (Å²) in [4.78, 5) is 23.1. The number of rotatable bonds is 24. The normalized spacial score (nSPS) is 15.1. The van der Waals surface area contributed by atoms with Crippen molar-refractivity contribution in [2.45, 2.75) is 47.5 Å². The van der Waals surface area contributed by atoms with E-state index >= 15 is 0 Å². The average molecular weight is 555 g/mol. The molecule has 0 aliphatic heterocycles. The summed E-state index contributed by atoms with van der Waals surface area (Å²) >= 11 is 0. The smallest absolute Gasteiger partial charge is 0.306 e. The third kappa shape index (κ3) is 17.7. The van der Waals surface area contributed by atoms with E-state index in [2.05, 4.69) is 0 Å². The lowest BCUT2D eigenvalue weighted by Crippen LogP contribution is -2.45. The van der Waals surface area contributed by atoms with Crippen LogP contribution in [0.5, 0.6) is 0 Å². The summed E-state index contributed by atoms with van der Waals surface area (Å²) in [6.07, 6.45) is 16.1. The Bertz CT molecular complexity index is 741. The number of carbonyl (C=O) groups is 2. The zero-order valence-electron chi connectivity index (χ0n) is 24.0. The minimum absolute atomic E-state index is 0.0902. The SMILES string of the molecule is CC=COCC(COC=CC)(COC=CC)COCC(COC=CC)(COC=CC)COC(=O)CCC(=O)O. The van der Waals surface area contributed by atoms with Crippen LogP contribution in [0.1, 0.15) is 47.5 Å². The number of hydrogen-bond donors (Lipinski definition) is 1. The lowest BCUT2D eigenvalue weighted by atomic mass is 9.90. The second kappa shape index (κ2) is 22.6. The number of carboxylic acid groups (broad SMARTS) is 1. The highest BCUT2D eigenvalue weighted by molar-refractivity contribution is 5.76. The molecule has 39 heavy (non-hydrogen) atoms. The Hall–Kier alpha value is -3.40. The van der Waals surface area contributed by atoms with Crippen LogP contribution in [0.2, 0.25) is 0 Å². The highest BCUT2D eigenvalue weighted by atomic mass is 16.6. The molecule has 0 aromatic rings. The van der Waals surface area contributed by atoms with Crippen LogP contribution < -0.4 is 0 Å². The van der Waals surface area contributed by atoms with Crippen molar-refractivity contribution < 1.29 is 47.9 Å². The predicted octanol–water partition coefficient (Wildman–Crippen LogP) is 5.13. The van der Waals surface area contributed by atoms with Crippen molar-refractivity contribution in [3.05, 3.63) is 61.7 Å². The van der Waals surface area contributed by atoms with Crippen LogP contribution in [-0.4, -0.2) is 69.9 Å². The van der Waals surface area contributed by atoms with E-state index in [-0.39, 0.29) is 65.7 Å². The number of esters is 1. The standard InChI is InChI=1S/C29H46O10/c1-6-13-33-18-28(19-34-14-7-2,20-35-15-8-3)23-38-24-29(21-36-16-9-4,22-37-17-10-5)25-39-27(32)12-11-26(30)31/h6-10,13-17H,11-12,18-25H2,1-5H3,(H,30,31). The summed E-state index contributed by atoms with van der Waals surface area (Å²) in [5.74, 6) is -1.71. The van der Waals surface area contributed by atoms with Crippen LogP contribution in [0.25, 0.3) is 0 Å². The molecular formula is C29H46O10. The molecule has 0 aliphatic carbocycles. The summed E-state index contributed by atoms with van der Waals surface area (Å²) in [5.41, 5.74) is -1.58. The fourth-order valence-electron chi connectivity index (χ4n) is 3.10. The molecule has 0 fully saturated rings. The fourth-order valence-corrected chi connectivity index (χ4v) is 3.10. The average Bonchev–Trinajstić information content (AvgIpc) is 2.91. The minimum atomic E-state index is -1.08. The van der Waals surface area contributed by atoms with E-state index in [4.69, 9.17) is 38.3 Å². The van der Waals surface area contributed by atoms with Crippen LogP contribution >= 0.6 is 0 Å². The van der Waals surface area contributed by atoms with Gasteiger partial charge in [0, 0.05) is 0 Å². The van der Waals surface area contributed by atoms with Gasteiger partial charge in [-0.25, -0.2) is 0 Å². The van der Waals surface area contributed by atoms with Gasteiger partial charge in [0.1, 0.15) is 39.6 Å². The maximum absolute atomic E-state index is 12.2. The maximum atomic E-state index is 12.2. The van der Waals surface area contributed by atoms with Gasteiger partial charge in [-0.2, -0.15) is 0 Å². The summed E-state index contributed by atoms with van der Waals surface area (Å²) in [6.45, 7) is 10.4. The van der Waals surface area contributed by atoms with E-state index in [0.29, 0.717) is 0 Å². The molecular weight excluding hydrogens is 508 g/mol. The third-order valence-electron chi connectivity index (χ3n) is 5.01. The molecule has 0 heterocycles. The number of ether oxygens (including phenoxy) is 7. The van der Waals surface area contributed by atoms with Gasteiger partial charge in [-0.05, 0) is 34.6 Å². The quantitative estimate of drug-likeness (QED) is 0.127. The Kier molecular flexibility index (Phi) is 20.6. The molecule has 0 bridgehead atoms. The molecule has 0 aromatic carbocycles. The Labute approximate surface area is 232 Å². The monoisotopic (exact) mass is 554 g/mol. The predicted molar refractivity (Wildman–Crippen MR) is 147 cm³/mol. The molecule has 0 aromatic heterocycles. The molecule has 0 rings (SSSR count). The second-order valence-electron chi connectivity index (χ2n) is 8.95. The number of allylic oxidation sites excluding steroid dienone is 5. The van der Waals surface area contributed by atoms with Gasteiger partial charge in [0.25, 0.3) is 0 Å². The van der Waals surface area contributed by atoms with Crippen LogP contribution in [-0.2, 0) is 42.7 Å². The lowest BCUT2D eigenvalue weighted by Gasteiger charge is -2.35. The third-order valence-corrected chi connectivity index (χ3v) is 5.01. The first-order valence-electron chi connectivity index (χ1n) is 12.9. The second-order valence-corrected chi connectivity index (χ2v) is 8.95. The molecule has 0 amide bonds. The molecule has 222 valence electrons. The molecule has 0 atom stereocenters. The first-order chi connectivity index (χ1) is 18.8. The first kappa shape index (κ1) is 35.6. The van der Waals surface area contributed by atoms with Crippen molar-refractivity contribution in [2.24, 2.45) is 10.8 Å². The largest absolute Gasteiger partial charge is 0.501 e. The molecule has 0 spiro atoms. The Balaban J connectivity index is 5.88. The molecule has 0 aliphatic rings. The van der Waals surface area contributed by atoms with E-state index in [0.717, 1.165) is 0 Å². The molecule has 1 N–H and O–H groups in total. The van der Waals surface area contributed by atoms with Gasteiger partial charge in [-0.3, -0.25) is 9.59 Å². The summed E-state index contributed by atoms with van der Waals surface area (Å²) in [6, 6.07) is 0. The van der Waals surface area contributed by atoms with Crippen molar-refractivity contribution in [1.29, 1.82) is 0 Å². The topological polar surface area (TPSA) is 119 Å². The van der Waals surface area contributed by atoms with Crippen molar-refractivity contribution in [1.82, 2.24) is 0 Å². The maximum Gasteiger partial charge on any atom is 0.306 e. The van der Waals surface area contributed by atoms with Crippen LogP contribution in [0.15, 0.2) is 61.7 Å². The summed E-state index contributed by atoms with van der Waals surface area (Å²) in [7, 11) is 0. The number of hydrogen-bond acceptors (Lipinski definition) is 9. The molecule has 0 saturated carbocycles. The van der Waals surface area contributed by atoms with Gasteiger partial charge in [0.2, 0.25) is 0 Å². The first-order valence-corrected chi connectivity index (χ1v) is 12.9. The van der Waals surface area contributed by atoms with E-state index in [1.165, 1.54) is 12.5 Å². The van der Waals surface area contributed by atoms with E-state index in [1.807, 2.05) is 34.6 Å². The van der Waals surface area contributed by atoms with Gasteiger partial charge in [0.05, 0.1) is 68.2 Å². The molecule has 10 heteroatoms. The molecule has 0 radical (unpaired) electrons. The lowest BCUT2D eigenvalue weighted by molar-refractivity contribution is -0.157. The van der Waals surface area contributed by atoms with Gasteiger partial charge in [-0.15, -0.1) is 0 Å². The van der Waals surface area contributed by atoms with E-state index in [1.54, 1.807) is 49.2 Å². The Morgan fingerprint density at radius 2 is 0.872 bits per heavy atom. The van der Waals surface area contributed by atoms with Crippen molar-refractivity contribution >= 4 is 11.9 Å². The van der Waals surface area contributed by atoms with Gasteiger partial charge < -0.3 is 38.3 Å². The molecule has 0 unspecified atom stereocenters. The van der Waals surface area contributed by atoms with Gasteiger partial charge in [-0.1, -0.05) is 30.4 Å². The van der Waals surface area contributed by atoms with Crippen LogP contribution in [0.3, 0.4) is 0 Å².